The van der Waals surface area contributed by atoms with E-state index in [1.54, 1.807) is 0 Å². The van der Waals surface area contributed by atoms with E-state index in [-0.39, 0.29) is 6.04 Å². The number of carbonyl (C=O) groups excluding carboxylic acids is 1. The fourth-order valence-electron chi connectivity index (χ4n) is 2.51. The molecule has 2 rings (SSSR count). The number of nitro groups is 1. The Morgan fingerprint density at radius 2 is 1.95 bits per heavy atom. The van der Waals surface area contributed by atoms with Crippen LogP contribution < -0.4 is 0 Å². The summed E-state index contributed by atoms with van der Waals surface area (Å²) in [4.78, 5) is 23.1. The number of nitro benzene ring substituents is 1. The zero-order valence-corrected chi connectivity index (χ0v) is 10.9. The Balaban J connectivity index is 2.36. The van der Waals surface area contributed by atoms with Gasteiger partial charge in [-0.1, -0.05) is 12.8 Å². The molecule has 1 aromatic carbocycles. The van der Waals surface area contributed by atoms with Gasteiger partial charge in [-0.05, 0) is 18.9 Å². The van der Waals surface area contributed by atoms with Gasteiger partial charge in [0.25, 0.3) is 5.91 Å². The van der Waals surface area contributed by atoms with Crippen molar-refractivity contribution in [1.82, 2.24) is 4.90 Å². The zero-order valence-electron chi connectivity index (χ0n) is 10.9. The first-order chi connectivity index (χ1) is 9.41. The molecule has 1 aliphatic rings. The van der Waals surface area contributed by atoms with E-state index in [9.17, 15) is 23.7 Å². The van der Waals surface area contributed by atoms with Crippen LogP contribution in [0.15, 0.2) is 12.1 Å². The number of rotatable bonds is 3. The van der Waals surface area contributed by atoms with Crippen LogP contribution in [-0.2, 0) is 0 Å². The first kappa shape index (κ1) is 14.4. The SMILES string of the molecule is CN(C(=O)c1cc(F)cc([N+](=O)[O-])c1F)C1CCCC1. The van der Waals surface area contributed by atoms with E-state index in [2.05, 4.69) is 0 Å². The molecule has 5 nitrogen and oxygen atoms in total. The van der Waals surface area contributed by atoms with Crippen molar-refractivity contribution in [2.24, 2.45) is 0 Å². The van der Waals surface area contributed by atoms with Crippen LogP contribution >= 0.6 is 0 Å². The Morgan fingerprint density at radius 3 is 2.50 bits per heavy atom. The highest BCUT2D eigenvalue weighted by molar-refractivity contribution is 5.95. The van der Waals surface area contributed by atoms with Gasteiger partial charge in [-0.25, -0.2) is 4.39 Å². The summed E-state index contributed by atoms with van der Waals surface area (Å²) in [6.07, 6.45) is 3.57. The molecule has 0 radical (unpaired) electrons. The second-order valence-electron chi connectivity index (χ2n) is 4.90. The summed E-state index contributed by atoms with van der Waals surface area (Å²) in [6.45, 7) is 0. The van der Waals surface area contributed by atoms with E-state index in [0.29, 0.717) is 12.1 Å². The largest absolute Gasteiger partial charge is 0.339 e. The summed E-state index contributed by atoms with van der Waals surface area (Å²) in [5.74, 6) is -3.01. The van der Waals surface area contributed by atoms with Crippen molar-refractivity contribution in [3.8, 4) is 0 Å². The molecule has 1 aliphatic carbocycles. The Hall–Kier alpha value is -2.05. The normalized spacial score (nSPS) is 15.3. The lowest BCUT2D eigenvalue weighted by molar-refractivity contribution is -0.387. The summed E-state index contributed by atoms with van der Waals surface area (Å²) in [5.41, 5.74) is -1.61. The summed E-state index contributed by atoms with van der Waals surface area (Å²) in [5, 5.41) is 10.6. The molecule has 0 atom stereocenters. The van der Waals surface area contributed by atoms with Crippen LogP contribution in [0.25, 0.3) is 0 Å². The number of carbonyl (C=O) groups is 1. The van der Waals surface area contributed by atoms with Crippen LogP contribution in [0.3, 0.4) is 0 Å². The highest BCUT2D eigenvalue weighted by Crippen LogP contribution is 2.27. The van der Waals surface area contributed by atoms with Gasteiger partial charge >= 0.3 is 5.69 Å². The summed E-state index contributed by atoms with van der Waals surface area (Å²) in [7, 11) is 1.51. The molecular formula is C13H14F2N2O3. The molecule has 0 aliphatic heterocycles. The minimum absolute atomic E-state index is 0.0239. The van der Waals surface area contributed by atoms with E-state index >= 15 is 0 Å². The van der Waals surface area contributed by atoms with Gasteiger partial charge in [0, 0.05) is 13.1 Å². The van der Waals surface area contributed by atoms with Crippen LogP contribution in [0.1, 0.15) is 36.0 Å². The molecule has 0 aromatic heterocycles. The third-order valence-corrected chi connectivity index (χ3v) is 3.64. The third kappa shape index (κ3) is 2.61. The van der Waals surface area contributed by atoms with Crippen LogP contribution in [0, 0.1) is 21.7 Å². The summed E-state index contributed by atoms with van der Waals surface area (Å²) in [6, 6.07) is 1.15. The van der Waals surface area contributed by atoms with Gasteiger partial charge in [-0.2, -0.15) is 4.39 Å². The van der Waals surface area contributed by atoms with Gasteiger partial charge in [0.1, 0.15) is 5.82 Å². The van der Waals surface area contributed by atoms with Gasteiger partial charge in [-0.3, -0.25) is 14.9 Å². The quantitative estimate of drug-likeness (QED) is 0.633. The molecule has 108 valence electrons. The van der Waals surface area contributed by atoms with E-state index < -0.39 is 33.7 Å². The highest BCUT2D eigenvalue weighted by atomic mass is 19.1. The molecule has 7 heteroatoms. The third-order valence-electron chi connectivity index (χ3n) is 3.64. The fraction of sp³-hybridized carbons (Fsp3) is 0.462. The number of hydrogen-bond acceptors (Lipinski definition) is 3. The molecule has 0 unspecified atom stereocenters. The van der Waals surface area contributed by atoms with Gasteiger partial charge in [-0.15, -0.1) is 0 Å². The number of nitrogens with zero attached hydrogens (tertiary/aromatic N) is 2. The van der Waals surface area contributed by atoms with E-state index in [4.69, 9.17) is 0 Å². The van der Waals surface area contributed by atoms with Crippen molar-refractivity contribution in [3.05, 3.63) is 39.4 Å². The van der Waals surface area contributed by atoms with Gasteiger partial charge in [0.2, 0.25) is 5.82 Å². The maximum Gasteiger partial charge on any atom is 0.308 e. The van der Waals surface area contributed by atoms with Gasteiger partial charge < -0.3 is 4.90 Å². The highest BCUT2D eigenvalue weighted by Gasteiger charge is 2.29. The maximum absolute atomic E-state index is 13.9. The fourth-order valence-corrected chi connectivity index (χ4v) is 2.51. The van der Waals surface area contributed by atoms with Gasteiger partial charge in [0.05, 0.1) is 16.6 Å². The standard InChI is InChI=1S/C13H14F2N2O3/c1-16(9-4-2-3-5-9)13(18)10-6-8(14)7-11(12(10)15)17(19)20/h6-7,9H,2-5H2,1H3. The van der Waals surface area contributed by atoms with Crippen molar-refractivity contribution in [3.63, 3.8) is 0 Å². The van der Waals surface area contributed by atoms with E-state index in [1.165, 1.54) is 11.9 Å². The minimum Gasteiger partial charge on any atom is -0.339 e. The van der Waals surface area contributed by atoms with Crippen molar-refractivity contribution < 1.29 is 18.5 Å². The average Bonchev–Trinajstić information content (AvgIpc) is 2.93. The van der Waals surface area contributed by atoms with E-state index in [0.717, 1.165) is 25.7 Å². The topological polar surface area (TPSA) is 63.5 Å². The van der Waals surface area contributed by atoms with Crippen LogP contribution in [0.2, 0.25) is 0 Å². The Bertz CT molecular complexity index is 557. The van der Waals surface area contributed by atoms with Crippen molar-refractivity contribution in [2.45, 2.75) is 31.7 Å². The number of benzene rings is 1. The first-order valence-electron chi connectivity index (χ1n) is 6.32. The molecule has 1 saturated carbocycles. The van der Waals surface area contributed by atoms with Crippen LogP contribution in [0.4, 0.5) is 14.5 Å². The predicted octanol–water partition coefficient (Wildman–Crippen LogP) is 2.89. The van der Waals surface area contributed by atoms with Crippen LogP contribution in [-0.4, -0.2) is 28.8 Å². The molecular weight excluding hydrogens is 270 g/mol. The van der Waals surface area contributed by atoms with Crippen molar-refractivity contribution in [2.75, 3.05) is 7.05 Å². The molecule has 20 heavy (non-hydrogen) atoms. The number of halogens is 2. The smallest absolute Gasteiger partial charge is 0.308 e. The second kappa shape index (κ2) is 5.52. The van der Waals surface area contributed by atoms with Crippen molar-refractivity contribution in [1.29, 1.82) is 0 Å². The lowest BCUT2D eigenvalue weighted by Crippen LogP contribution is -2.35. The maximum atomic E-state index is 13.9. The average molecular weight is 284 g/mol. The Kier molecular flexibility index (Phi) is 3.96. The van der Waals surface area contributed by atoms with Crippen LogP contribution in [0.5, 0.6) is 0 Å². The van der Waals surface area contributed by atoms with Crippen molar-refractivity contribution >= 4 is 11.6 Å². The molecule has 0 N–H and O–H groups in total. The number of amides is 1. The molecule has 0 saturated heterocycles. The lowest BCUT2D eigenvalue weighted by atomic mass is 10.1. The molecule has 0 bridgehead atoms. The molecule has 0 spiro atoms. The molecule has 0 heterocycles. The Labute approximate surface area is 114 Å². The first-order valence-corrected chi connectivity index (χ1v) is 6.32. The monoisotopic (exact) mass is 284 g/mol. The predicted molar refractivity (Wildman–Crippen MR) is 67.4 cm³/mol. The van der Waals surface area contributed by atoms with Gasteiger partial charge in [0.15, 0.2) is 0 Å². The zero-order chi connectivity index (χ0) is 14.9. The summed E-state index contributed by atoms with van der Waals surface area (Å²) < 4.78 is 27.3. The Morgan fingerprint density at radius 1 is 1.35 bits per heavy atom. The lowest BCUT2D eigenvalue weighted by Gasteiger charge is -2.24. The summed E-state index contributed by atoms with van der Waals surface area (Å²) >= 11 is 0. The molecule has 1 amide bonds. The molecule has 1 aromatic rings. The van der Waals surface area contributed by atoms with E-state index in [1.807, 2.05) is 0 Å². The second-order valence-corrected chi connectivity index (χ2v) is 4.90. The minimum atomic E-state index is -1.29. The number of hydrogen-bond donors (Lipinski definition) is 0. The molecule has 1 fully saturated rings.